The van der Waals surface area contributed by atoms with Crippen molar-refractivity contribution in [1.29, 1.82) is 0 Å². The van der Waals surface area contributed by atoms with E-state index in [4.69, 9.17) is 5.11 Å². The van der Waals surface area contributed by atoms with Gasteiger partial charge in [-0.1, -0.05) is 24.3 Å². The maximum Gasteiger partial charge on any atom is 0.307 e. The molecular weight excluding hydrogens is 272 g/mol. The highest BCUT2D eigenvalue weighted by Crippen LogP contribution is 2.14. The predicted molar refractivity (Wildman–Crippen MR) is 75.4 cm³/mol. The Bertz CT molecular complexity index is 571. The van der Waals surface area contributed by atoms with E-state index in [1.54, 1.807) is 12.1 Å². The van der Waals surface area contributed by atoms with Gasteiger partial charge >= 0.3 is 5.97 Å². The molecule has 2 N–H and O–H groups in total. The Hall–Kier alpha value is -2.21. The van der Waals surface area contributed by atoms with Crippen molar-refractivity contribution in [3.05, 3.63) is 35.4 Å². The number of carboxylic acids is 1. The van der Waals surface area contributed by atoms with Crippen molar-refractivity contribution in [2.24, 2.45) is 0 Å². The molecule has 1 aromatic rings. The summed E-state index contributed by atoms with van der Waals surface area (Å²) in [5.41, 5.74) is 1.58. The van der Waals surface area contributed by atoms with Gasteiger partial charge in [-0.3, -0.25) is 19.3 Å². The molecule has 0 saturated carbocycles. The van der Waals surface area contributed by atoms with E-state index in [2.05, 4.69) is 5.32 Å². The molecule has 1 aromatic carbocycles. The van der Waals surface area contributed by atoms with Gasteiger partial charge < -0.3 is 10.4 Å². The van der Waals surface area contributed by atoms with E-state index in [-0.39, 0.29) is 18.2 Å². The molecular formula is C15H18N2O4. The Kier molecular flexibility index (Phi) is 4.70. The molecule has 2 amide bonds. The lowest BCUT2D eigenvalue weighted by Gasteiger charge is -2.28. The van der Waals surface area contributed by atoms with E-state index in [1.165, 1.54) is 7.05 Å². The lowest BCUT2D eigenvalue weighted by Crippen LogP contribution is -2.51. The summed E-state index contributed by atoms with van der Waals surface area (Å²) in [5, 5.41) is 12.0. The molecule has 6 nitrogen and oxygen atoms in total. The second-order valence-corrected chi connectivity index (χ2v) is 5.10. The highest BCUT2D eigenvalue weighted by atomic mass is 16.4. The van der Waals surface area contributed by atoms with Crippen molar-refractivity contribution >= 4 is 17.8 Å². The Morgan fingerprint density at radius 3 is 2.67 bits per heavy atom. The van der Waals surface area contributed by atoms with Crippen LogP contribution in [0.5, 0.6) is 0 Å². The van der Waals surface area contributed by atoms with Crippen LogP contribution in [0.15, 0.2) is 24.3 Å². The zero-order valence-corrected chi connectivity index (χ0v) is 11.8. The number of piperidine rings is 1. The first kappa shape index (κ1) is 15.2. The molecule has 0 spiro atoms. The van der Waals surface area contributed by atoms with Crippen LogP contribution in [0, 0.1) is 0 Å². The Balaban J connectivity index is 2.02. The zero-order chi connectivity index (χ0) is 15.4. The number of likely N-dealkylation sites (N-methyl/N-ethyl adjacent to an activating group) is 1. The molecule has 2 rings (SSSR count). The van der Waals surface area contributed by atoms with E-state index < -0.39 is 12.0 Å². The summed E-state index contributed by atoms with van der Waals surface area (Å²) in [4.78, 5) is 35.4. The molecule has 0 radical (unpaired) electrons. The summed E-state index contributed by atoms with van der Waals surface area (Å²) in [7, 11) is 1.48. The molecule has 0 aliphatic carbocycles. The number of hydrogen-bond donors (Lipinski definition) is 2. The molecule has 1 unspecified atom stereocenters. The fourth-order valence-electron chi connectivity index (χ4n) is 2.40. The zero-order valence-electron chi connectivity index (χ0n) is 11.8. The number of likely N-dealkylation sites (tertiary alicyclic amines) is 1. The second-order valence-electron chi connectivity index (χ2n) is 5.10. The van der Waals surface area contributed by atoms with Crippen molar-refractivity contribution in [3.8, 4) is 0 Å². The summed E-state index contributed by atoms with van der Waals surface area (Å²) in [6.07, 6.45) is 0.772. The minimum atomic E-state index is -0.887. The monoisotopic (exact) mass is 290 g/mol. The van der Waals surface area contributed by atoms with Gasteiger partial charge in [0.2, 0.25) is 11.8 Å². The van der Waals surface area contributed by atoms with Gasteiger partial charge in [-0.2, -0.15) is 0 Å². The molecule has 1 aliphatic heterocycles. The van der Waals surface area contributed by atoms with Gasteiger partial charge in [0.25, 0.3) is 0 Å². The second kappa shape index (κ2) is 6.49. The number of carbonyl (C=O) groups is 3. The number of amides is 2. The van der Waals surface area contributed by atoms with Gasteiger partial charge in [-0.05, 0) is 17.5 Å². The highest BCUT2D eigenvalue weighted by molar-refractivity contribution is 6.00. The number of nitrogens with zero attached hydrogens (tertiary/aromatic N) is 1. The highest BCUT2D eigenvalue weighted by Gasteiger charge is 2.31. The average molecular weight is 290 g/mol. The van der Waals surface area contributed by atoms with Crippen LogP contribution in [-0.2, 0) is 27.3 Å². The third kappa shape index (κ3) is 3.66. The van der Waals surface area contributed by atoms with Crippen molar-refractivity contribution < 1.29 is 19.5 Å². The Morgan fingerprint density at radius 1 is 1.33 bits per heavy atom. The van der Waals surface area contributed by atoms with Gasteiger partial charge in [0.1, 0.15) is 0 Å². The summed E-state index contributed by atoms with van der Waals surface area (Å²) >= 11 is 0. The molecule has 1 atom stereocenters. The number of imide groups is 1. The molecule has 1 heterocycles. The number of nitrogens with one attached hydrogen (secondary N) is 1. The standard InChI is InChI=1S/C15H18N2O4/c1-17-13(18)7-6-12(15(17)21)16-9-11-5-3-2-4-10(11)8-14(19)20/h2-5,12,16H,6-9H2,1H3,(H,19,20). The van der Waals surface area contributed by atoms with Crippen molar-refractivity contribution in [2.75, 3.05) is 7.05 Å². The lowest BCUT2D eigenvalue weighted by molar-refractivity contribution is -0.148. The third-order valence-electron chi connectivity index (χ3n) is 3.65. The van der Waals surface area contributed by atoms with E-state index in [0.29, 0.717) is 19.4 Å². The van der Waals surface area contributed by atoms with Crippen LogP contribution in [0.3, 0.4) is 0 Å². The first-order chi connectivity index (χ1) is 9.99. The van der Waals surface area contributed by atoms with Gasteiger partial charge in [-0.25, -0.2) is 0 Å². The van der Waals surface area contributed by atoms with E-state index in [0.717, 1.165) is 16.0 Å². The van der Waals surface area contributed by atoms with Crippen LogP contribution in [0.1, 0.15) is 24.0 Å². The molecule has 112 valence electrons. The lowest BCUT2D eigenvalue weighted by atomic mass is 10.0. The summed E-state index contributed by atoms with van der Waals surface area (Å²) in [6, 6.07) is 6.84. The summed E-state index contributed by atoms with van der Waals surface area (Å²) < 4.78 is 0. The van der Waals surface area contributed by atoms with Gasteiger partial charge in [0.05, 0.1) is 12.5 Å². The average Bonchev–Trinajstić information content (AvgIpc) is 2.45. The minimum absolute atomic E-state index is 0.0468. The van der Waals surface area contributed by atoms with Crippen LogP contribution in [0.4, 0.5) is 0 Å². The predicted octanol–water partition coefficient (Wildman–Crippen LogP) is 0.551. The van der Waals surface area contributed by atoms with Crippen LogP contribution in [0.2, 0.25) is 0 Å². The summed E-state index contributed by atoms with van der Waals surface area (Å²) in [5.74, 6) is -1.28. The molecule has 6 heteroatoms. The maximum atomic E-state index is 12.0. The first-order valence-electron chi connectivity index (χ1n) is 6.81. The Labute approximate surface area is 122 Å². The fraction of sp³-hybridized carbons (Fsp3) is 0.400. The number of benzene rings is 1. The first-order valence-corrected chi connectivity index (χ1v) is 6.81. The fourth-order valence-corrected chi connectivity index (χ4v) is 2.40. The molecule has 0 bridgehead atoms. The number of carboxylic acid groups (broad SMARTS) is 1. The minimum Gasteiger partial charge on any atom is -0.481 e. The normalized spacial score (nSPS) is 18.9. The van der Waals surface area contributed by atoms with Crippen LogP contribution < -0.4 is 5.32 Å². The number of carbonyl (C=O) groups excluding carboxylic acids is 2. The number of aliphatic carboxylic acids is 1. The number of hydrogen-bond acceptors (Lipinski definition) is 4. The largest absolute Gasteiger partial charge is 0.481 e. The number of rotatable bonds is 5. The van der Waals surface area contributed by atoms with Crippen molar-refractivity contribution in [1.82, 2.24) is 10.2 Å². The molecule has 1 fully saturated rings. The smallest absolute Gasteiger partial charge is 0.307 e. The van der Waals surface area contributed by atoms with Crippen molar-refractivity contribution in [2.45, 2.75) is 31.8 Å². The quantitative estimate of drug-likeness (QED) is 0.773. The van der Waals surface area contributed by atoms with E-state index in [9.17, 15) is 14.4 Å². The molecule has 21 heavy (non-hydrogen) atoms. The van der Waals surface area contributed by atoms with Gasteiger partial charge in [-0.15, -0.1) is 0 Å². The van der Waals surface area contributed by atoms with E-state index in [1.807, 2.05) is 12.1 Å². The SMILES string of the molecule is CN1C(=O)CCC(NCc2ccccc2CC(=O)O)C1=O. The third-order valence-corrected chi connectivity index (χ3v) is 3.65. The van der Waals surface area contributed by atoms with Gasteiger partial charge in [0.15, 0.2) is 0 Å². The van der Waals surface area contributed by atoms with E-state index >= 15 is 0 Å². The van der Waals surface area contributed by atoms with Crippen LogP contribution in [0.25, 0.3) is 0 Å². The molecule has 1 saturated heterocycles. The molecule has 1 aliphatic rings. The van der Waals surface area contributed by atoms with Gasteiger partial charge in [0, 0.05) is 20.0 Å². The Morgan fingerprint density at radius 2 is 2.00 bits per heavy atom. The van der Waals surface area contributed by atoms with Crippen LogP contribution in [-0.4, -0.2) is 40.9 Å². The topological polar surface area (TPSA) is 86.7 Å². The van der Waals surface area contributed by atoms with Crippen LogP contribution >= 0.6 is 0 Å². The summed E-state index contributed by atoms with van der Waals surface area (Å²) in [6.45, 7) is 0.405. The molecule has 0 aromatic heterocycles. The van der Waals surface area contributed by atoms with Crippen molar-refractivity contribution in [3.63, 3.8) is 0 Å². The maximum absolute atomic E-state index is 12.0.